The molecule has 0 spiro atoms. The van der Waals surface area contributed by atoms with Crippen LogP contribution in [0.2, 0.25) is 0 Å². The summed E-state index contributed by atoms with van der Waals surface area (Å²) < 4.78 is 0. The minimum Gasteiger partial charge on any atom is -0.383 e. The number of aldehydes is 1. The van der Waals surface area contributed by atoms with Crippen LogP contribution in [0.4, 0.5) is 17.3 Å². The van der Waals surface area contributed by atoms with E-state index < -0.39 is 6.04 Å². The van der Waals surface area contributed by atoms with Crippen LogP contribution in [0.15, 0.2) is 42.7 Å². The Balaban J connectivity index is 1.50. The third-order valence-electron chi connectivity index (χ3n) is 7.50. The van der Waals surface area contributed by atoms with E-state index in [2.05, 4.69) is 27.8 Å². The molecule has 3 aromatic rings. The molecule has 1 fully saturated rings. The molecule has 4 heterocycles. The van der Waals surface area contributed by atoms with Crippen LogP contribution >= 0.6 is 0 Å². The van der Waals surface area contributed by atoms with Gasteiger partial charge in [-0.2, -0.15) is 0 Å². The Labute approximate surface area is 222 Å². The summed E-state index contributed by atoms with van der Waals surface area (Å²) in [7, 11) is 0. The number of hydrogen-bond acceptors (Lipinski definition) is 8. The van der Waals surface area contributed by atoms with Crippen LogP contribution in [0.1, 0.15) is 59.5 Å². The molecule has 9 nitrogen and oxygen atoms in total. The highest BCUT2D eigenvalue weighted by Crippen LogP contribution is 2.36. The number of anilines is 3. The molecule has 5 rings (SSSR count). The molecule has 1 unspecified atom stereocenters. The van der Waals surface area contributed by atoms with Crippen LogP contribution in [0.25, 0.3) is 17.3 Å². The number of fused-ring (bicyclic) bond motifs is 1. The van der Waals surface area contributed by atoms with E-state index in [9.17, 15) is 9.59 Å². The Hall–Kier alpha value is -4.24. The summed E-state index contributed by atoms with van der Waals surface area (Å²) in [6.07, 6.45) is 8.15. The molecule has 1 saturated heterocycles. The molecule has 0 saturated carbocycles. The lowest BCUT2D eigenvalue weighted by atomic mass is 9.86. The first kappa shape index (κ1) is 25.4. The van der Waals surface area contributed by atoms with E-state index in [4.69, 9.17) is 16.5 Å². The summed E-state index contributed by atoms with van der Waals surface area (Å²) in [6.45, 7) is 5.47. The first-order valence-electron chi connectivity index (χ1n) is 12.9. The van der Waals surface area contributed by atoms with Gasteiger partial charge in [0.05, 0.1) is 5.69 Å². The van der Waals surface area contributed by atoms with Crippen molar-refractivity contribution < 1.29 is 9.59 Å². The van der Waals surface area contributed by atoms with Crippen molar-refractivity contribution in [2.45, 2.75) is 45.2 Å². The van der Waals surface area contributed by atoms with Crippen LogP contribution in [0.3, 0.4) is 0 Å². The van der Waals surface area contributed by atoms with E-state index in [0.29, 0.717) is 24.1 Å². The van der Waals surface area contributed by atoms with Crippen molar-refractivity contribution in [3.05, 3.63) is 70.5 Å². The molecule has 38 heavy (non-hydrogen) atoms. The van der Waals surface area contributed by atoms with Gasteiger partial charge >= 0.3 is 0 Å². The number of rotatable bonds is 6. The number of nitrogens with one attached hydrogen (secondary N) is 2. The molecule has 1 atom stereocenters. The number of nitrogen functional groups attached to an aromatic ring is 1. The predicted octanol–water partition coefficient (Wildman–Crippen LogP) is 3.78. The van der Waals surface area contributed by atoms with Gasteiger partial charge in [0.1, 0.15) is 24.0 Å². The van der Waals surface area contributed by atoms with Gasteiger partial charge in [-0.3, -0.25) is 4.79 Å². The normalized spacial score (nSPS) is 17.0. The van der Waals surface area contributed by atoms with Gasteiger partial charge < -0.3 is 31.8 Å². The summed E-state index contributed by atoms with van der Waals surface area (Å²) in [5.41, 5.74) is 19.4. The minimum atomic E-state index is -0.523. The van der Waals surface area contributed by atoms with Gasteiger partial charge in [-0.25, -0.2) is 9.97 Å². The number of carbonyl (C=O) groups excluding carboxylic acids is 2. The number of hydrogen-bond donors (Lipinski definition) is 4. The second-order valence-corrected chi connectivity index (χ2v) is 9.92. The Bertz CT molecular complexity index is 1410. The van der Waals surface area contributed by atoms with Crippen LogP contribution in [0.5, 0.6) is 0 Å². The number of carbonyl (C=O) groups is 2. The van der Waals surface area contributed by atoms with Crippen molar-refractivity contribution in [1.29, 1.82) is 0 Å². The number of nitrogens with two attached hydrogens (primary N) is 2. The number of amides is 1. The van der Waals surface area contributed by atoms with Gasteiger partial charge in [-0.15, -0.1) is 0 Å². The number of pyridine rings is 2. The highest BCUT2D eigenvalue weighted by molar-refractivity contribution is 5.80. The number of piperidine rings is 1. The van der Waals surface area contributed by atoms with Crippen LogP contribution in [-0.4, -0.2) is 40.2 Å². The quantitative estimate of drug-likeness (QED) is 0.367. The fourth-order valence-corrected chi connectivity index (χ4v) is 5.34. The second-order valence-electron chi connectivity index (χ2n) is 9.92. The zero-order valence-corrected chi connectivity index (χ0v) is 21.7. The maximum Gasteiger partial charge on any atom is 0.219 e. The SMILES string of the molecule is CC(=O)N1CCC(c2ccc(Nc3nc(-c4cnc(N)c(C)c4)cc4c3C(C=O)NC=C4)cc2CN)CC1. The van der Waals surface area contributed by atoms with Crippen molar-refractivity contribution >= 4 is 35.6 Å². The maximum atomic E-state index is 11.9. The van der Waals surface area contributed by atoms with Crippen molar-refractivity contribution in [3.8, 4) is 11.3 Å². The molecule has 2 aliphatic rings. The second kappa shape index (κ2) is 10.6. The number of benzene rings is 1. The average molecular weight is 512 g/mol. The average Bonchev–Trinajstić information content (AvgIpc) is 2.94. The lowest BCUT2D eigenvalue weighted by Crippen LogP contribution is -2.36. The molecular weight excluding hydrogens is 478 g/mol. The fourth-order valence-electron chi connectivity index (χ4n) is 5.34. The van der Waals surface area contributed by atoms with E-state index in [-0.39, 0.29) is 5.91 Å². The molecule has 1 aromatic carbocycles. The Morgan fingerprint density at radius 1 is 1.24 bits per heavy atom. The standard InChI is InChI=1S/C29H33N7O2/c1-17-11-22(15-33-28(17)31)25-13-20-5-8-32-26(16-37)27(20)29(35-25)34-23-3-4-24(21(12-23)14-30)19-6-9-36(10-7-19)18(2)38/h3-5,8,11-13,15-16,19,26,32H,6-7,9-10,14,30H2,1-2H3,(H2,31,33)(H,34,35). The maximum absolute atomic E-state index is 11.9. The van der Waals surface area contributed by atoms with Crippen molar-refractivity contribution in [2.75, 3.05) is 24.1 Å². The van der Waals surface area contributed by atoms with E-state index >= 15 is 0 Å². The molecule has 0 aliphatic carbocycles. The van der Waals surface area contributed by atoms with Gasteiger partial charge in [0.15, 0.2) is 0 Å². The van der Waals surface area contributed by atoms with E-state index in [1.807, 2.05) is 36.1 Å². The Kier molecular flexibility index (Phi) is 7.11. The van der Waals surface area contributed by atoms with Crippen molar-refractivity contribution in [2.24, 2.45) is 5.73 Å². The summed E-state index contributed by atoms with van der Waals surface area (Å²) in [5, 5.41) is 6.57. The lowest BCUT2D eigenvalue weighted by Gasteiger charge is -2.32. The topological polar surface area (TPSA) is 139 Å². The number of likely N-dealkylation sites (tertiary alicyclic amines) is 1. The summed E-state index contributed by atoms with van der Waals surface area (Å²) in [5.74, 6) is 1.56. The zero-order valence-electron chi connectivity index (χ0n) is 21.7. The Morgan fingerprint density at radius 3 is 2.71 bits per heavy atom. The minimum absolute atomic E-state index is 0.128. The van der Waals surface area contributed by atoms with Crippen molar-refractivity contribution in [1.82, 2.24) is 20.2 Å². The van der Waals surface area contributed by atoms with Crippen molar-refractivity contribution in [3.63, 3.8) is 0 Å². The fraction of sp³-hybridized carbons (Fsp3) is 0.310. The molecule has 9 heteroatoms. The molecule has 1 amide bonds. The highest BCUT2D eigenvalue weighted by Gasteiger charge is 2.25. The molecule has 0 radical (unpaired) electrons. The Morgan fingerprint density at radius 2 is 2.03 bits per heavy atom. The molecule has 6 N–H and O–H groups in total. The zero-order chi connectivity index (χ0) is 26.8. The summed E-state index contributed by atoms with van der Waals surface area (Å²) >= 11 is 0. The third-order valence-corrected chi connectivity index (χ3v) is 7.50. The molecule has 196 valence electrons. The van der Waals surface area contributed by atoms with Crippen LogP contribution < -0.4 is 22.1 Å². The molecule has 0 bridgehead atoms. The predicted molar refractivity (Wildman–Crippen MR) is 149 cm³/mol. The van der Waals surface area contributed by atoms with Crippen LogP contribution in [0, 0.1) is 6.92 Å². The molecule has 2 aromatic heterocycles. The monoisotopic (exact) mass is 511 g/mol. The first-order valence-corrected chi connectivity index (χ1v) is 12.9. The lowest BCUT2D eigenvalue weighted by molar-refractivity contribution is -0.129. The smallest absolute Gasteiger partial charge is 0.219 e. The van der Waals surface area contributed by atoms with E-state index in [1.54, 1.807) is 19.3 Å². The summed E-state index contributed by atoms with van der Waals surface area (Å²) in [4.78, 5) is 34.8. The molecular formula is C29H33N7O2. The highest BCUT2D eigenvalue weighted by atomic mass is 16.2. The van der Waals surface area contributed by atoms with E-state index in [0.717, 1.165) is 71.4 Å². The first-order chi connectivity index (χ1) is 18.4. The number of aryl methyl sites for hydroxylation is 1. The van der Waals surface area contributed by atoms with E-state index in [1.165, 1.54) is 5.56 Å². The number of nitrogens with zero attached hydrogens (tertiary/aromatic N) is 3. The summed E-state index contributed by atoms with van der Waals surface area (Å²) in [6, 6.07) is 9.61. The van der Waals surface area contributed by atoms with Gasteiger partial charge in [0.25, 0.3) is 0 Å². The third kappa shape index (κ3) is 4.97. The van der Waals surface area contributed by atoms with Gasteiger partial charge in [-0.05, 0) is 84.5 Å². The largest absolute Gasteiger partial charge is 0.383 e. The van der Waals surface area contributed by atoms with Gasteiger partial charge in [0.2, 0.25) is 5.91 Å². The van der Waals surface area contributed by atoms with Gasteiger partial charge in [0, 0.05) is 49.6 Å². The van der Waals surface area contributed by atoms with Gasteiger partial charge in [-0.1, -0.05) is 6.07 Å². The van der Waals surface area contributed by atoms with Crippen LogP contribution in [-0.2, 0) is 16.1 Å². The number of aromatic nitrogens is 2. The molecule has 2 aliphatic heterocycles.